The maximum atomic E-state index is 13.5. The van der Waals surface area contributed by atoms with Crippen LogP contribution in [0.5, 0.6) is 0 Å². The second kappa shape index (κ2) is 11.5. The molecule has 1 atom stereocenters. The number of aromatic nitrogens is 3. The topological polar surface area (TPSA) is 118 Å². The quantitative estimate of drug-likeness (QED) is 0.269. The normalized spacial score (nSPS) is 11.9. The molecule has 2 amide bonds. The summed E-state index contributed by atoms with van der Waals surface area (Å²) >= 11 is 5.99. The van der Waals surface area contributed by atoms with Crippen LogP contribution >= 0.6 is 11.6 Å². The Balaban J connectivity index is 1.62. The molecule has 1 unspecified atom stereocenters. The van der Waals surface area contributed by atoms with Gasteiger partial charge in [0.05, 0.1) is 17.8 Å². The van der Waals surface area contributed by atoms with Gasteiger partial charge in [-0.25, -0.2) is 0 Å². The van der Waals surface area contributed by atoms with Gasteiger partial charge in [0.2, 0.25) is 5.91 Å². The highest BCUT2D eigenvalue weighted by Crippen LogP contribution is 2.28. The number of anilines is 1. The predicted molar refractivity (Wildman–Crippen MR) is 147 cm³/mol. The van der Waals surface area contributed by atoms with Gasteiger partial charge >= 0.3 is 5.97 Å². The van der Waals surface area contributed by atoms with E-state index in [4.69, 9.17) is 16.7 Å². The van der Waals surface area contributed by atoms with Crippen LogP contribution in [0.15, 0.2) is 55.0 Å². The third kappa shape index (κ3) is 6.06. The number of halogens is 1. The van der Waals surface area contributed by atoms with Gasteiger partial charge in [0.1, 0.15) is 6.04 Å². The van der Waals surface area contributed by atoms with Gasteiger partial charge in [0.15, 0.2) is 0 Å². The Kier molecular flexibility index (Phi) is 8.16. The summed E-state index contributed by atoms with van der Waals surface area (Å²) in [5, 5.41) is 20.5. The number of hydrogen-bond acceptors (Lipinski definition) is 4. The van der Waals surface area contributed by atoms with Crippen LogP contribution in [-0.2, 0) is 22.6 Å². The molecular weight excluding hydrogens is 506 g/mol. The Labute approximate surface area is 225 Å². The highest BCUT2D eigenvalue weighted by molar-refractivity contribution is 6.30. The highest BCUT2D eigenvalue weighted by atomic mass is 35.5. The largest absolute Gasteiger partial charge is 0.481 e. The minimum Gasteiger partial charge on any atom is -0.481 e. The number of fused-ring (bicyclic) bond motifs is 1. The summed E-state index contributed by atoms with van der Waals surface area (Å²) in [7, 11) is 1.58. The Hall–Kier alpha value is -4.11. The number of carbonyl (C=O) groups is 3. The first kappa shape index (κ1) is 26.9. The average Bonchev–Trinajstić information content (AvgIpc) is 3.45. The fourth-order valence-electron chi connectivity index (χ4n) is 4.49. The number of carboxylic acids is 1. The SMILES string of the molecule is CNC(=O)c1ccc2c(C)cn(C(C)C(=O)Nc3cc(Cn4cc(Cl)cn4)ccc3CCCC(=O)O)c2c1. The summed E-state index contributed by atoms with van der Waals surface area (Å²) in [6.45, 7) is 4.24. The van der Waals surface area contributed by atoms with E-state index in [0.717, 1.165) is 27.6 Å². The van der Waals surface area contributed by atoms with E-state index in [2.05, 4.69) is 15.7 Å². The van der Waals surface area contributed by atoms with Crippen molar-refractivity contribution in [3.63, 3.8) is 0 Å². The Bertz CT molecular complexity index is 1510. The molecule has 0 bridgehead atoms. The molecule has 0 aliphatic heterocycles. The number of amides is 2. The van der Waals surface area contributed by atoms with Crippen LogP contribution in [0.25, 0.3) is 10.9 Å². The van der Waals surface area contributed by atoms with Crippen LogP contribution in [0.2, 0.25) is 5.02 Å². The van der Waals surface area contributed by atoms with E-state index in [1.54, 1.807) is 43.2 Å². The molecule has 0 fully saturated rings. The number of nitrogens with one attached hydrogen (secondary N) is 2. The first-order valence-electron chi connectivity index (χ1n) is 12.3. The second-order valence-electron chi connectivity index (χ2n) is 9.29. The van der Waals surface area contributed by atoms with Gasteiger partial charge in [0.25, 0.3) is 5.91 Å². The van der Waals surface area contributed by atoms with Gasteiger partial charge in [-0.3, -0.25) is 19.1 Å². The molecule has 10 heteroatoms. The molecule has 0 aliphatic carbocycles. The van der Waals surface area contributed by atoms with Crippen molar-refractivity contribution >= 4 is 46.0 Å². The molecule has 0 radical (unpaired) electrons. The van der Waals surface area contributed by atoms with E-state index in [0.29, 0.717) is 35.7 Å². The lowest BCUT2D eigenvalue weighted by Crippen LogP contribution is -2.24. The first-order valence-corrected chi connectivity index (χ1v) is 12.7. The van der Waals surface area contributed by atoms with Gasteiger partial charge in [-0.2, -0.15) is 5.10 Å². The minimum atomic E-state index is -0.859. The van der Waals surface area contributed by atoms with Crippen molar-refractivity contribution < 1.29 is 19.5 Å². The number of aliphatic carboxylic acids is 1. The van der Waals surface area contributed by atoms with Crippen LogP contribution in [-0.4, -0.2) is 44.3 Å². The molecule has 2 aromatic carbocycles. The zero-order valence-electron chi connectivity index (χ0n) is 21.5. The summed E-state index contributed by atoms with van der Waals surface area (Å²) in [4.78, 5) is 36.7. The molecule has 198 valence electrons. The molecule has 0 saturated heterocycles. The van der Waals surface area contributed by atoms with Crippen molar-refractivity contribution in [2.45, 2.75) is 45.7 Å². The van der Waals surface area contributed by atoms with E-state index in [1.807, 2.05) is 42.0 Å². The predicted octanol–water partition coefficient (Wildman–Crippen LogP) is 4.81. The molecule has 0 aliphatic rings. The van der Waals surface area contributed by atoms with Crippen LogP contribution in [0.1, 0.15) is 52.9 Å². The lowest BCUT2D eigenvalue weighted by atomic mass is 10.0. The lowest BCUT2D eigenvalue weighted by molar-refractivity contribution is -0.137. The number of hydrogen-bond donors (Lipinski definition) is 3. The van der Waals surface area contributed by atoms with Crippen LogP contribution in [0.3, 0.4) is 0 Å². The Morgan fingerprint density at radius 3 is 2.61 bits per heavy atom. The molecule has 4 rings (SSSR count). The molecule has 0 spiro atoms. The third-order valence-corrected chi connectivity index (χ3v) is 6.73. The number of rotatable bonds is 10. The van der Waals surface area contributed by atoms with Crippen LogP contribution in [0.4, 0.5) is 5.69 Å². The molecule has 4 aromatic rings. The summed E-state index contributed by atoms with van der Waals surface area (Å²) in [6.07, 6.45) is 6.19. The van der Waals surface area contributed by atoms with E-state index >= 15 is 0 Å². The molecule has 3 N–H and O–H groups in total. The summed E-state index contributed by atoms with van der Waals surface area (Å²) < 4.78 is 3.57. The summed E-state index contributed by atoms with van der Waals surface area (Å²) in [6, 6.07) is 10.6. The Morgan fingerprint density at radius 1 is 1.13 bits per heavy atom. The smallest absolute Gasteiger partial charge is 0.303 e. The fraction of sp³-hybridized carbons (Fsp3) is 0.286. The van der Waals surface area contributed by atoms with E-state index in [-0.39, 0.29) is 18.2 Å². The highest BCUT2D eigenvalue weighted by Gasteiger charge is 2.20. The van der Waals surface area contributed by atoms with E-state index in [9.17, 15) is 14.4 Å². The molecular formula is C28H30ClN5O4. The number of benzene rings is 2. The standard InChI is InChI=1S/C28H30ClN5O4/c1-17-14-34(25-12-21(28(38)30-3)9-10-23(17)25)18(2)27(37)32-24-11-19(15-33-16-22(29)13-31-33)7-8-20(24)5-4-6-26(35)36/h7-14,16,18H,4-6,15H2,1-3H3,(H,30,38)(H,32,37)(H,35,36). The van der Waals surface area contributed by atoms with Crippen molar-refractivity contribution in [1.82, 2.24) is 19.7 Å². The number of aryl methyl sites for hydroxylation is 2. The lowest BCUT2D eigenvalue weighted by Gasteiger charge is -2.18. The van der Waals surface area contributed by atoms with Crippen molar-refractivity contribution in [1.29, 1.82) is 0 Å². The van der Waals surface area contributed by atoms with Crippen LogP contribution < -0.4 is 10.6 Å². The monoisotopic (exact) mass is 535 g/mol. The fourth-order valence-corrected chi connectivity index (χ4v) is 4.65. The zero-order chi connectivity index (χ0) is 27.4. The van der Waals surface area contributed by atoms with Crippen molar-refractivity contribution in [2.24, 2.45) is 0 Å². The first-order chi connectivity index (χ1) is 18.2. The number of nitrogens with zero attached hydrogens (tertiary/aromatic N) is 3. The maximum Gasteiger partial charge on any atom is 0.303 e. The summed E-state index contributed by atoms with van der Waals surface area (Å²) in [5.74, 6) is -1.29. The Morgan fingerprint density at radius 2 is 1.92 bits per heavy atom. The van der Waals surface area contributed by atoms with E-state index < -0.39 is 12.0 Å². The molecule has 2 heterocycles. The zero-order valence-corrected chi connectivity index (χ0v) is 22.2. The van der Waals surface area contributed by atoms with E-state index in [1.165, 1.54) is 0 Å². The van der Waals surface area contributed by atoms with Gasteiger partial charge in [-0.05, 0) is 61.6 Å². The second-order valence-corrected chi connectivity index (χ2v) is 9.73. The van der Waals surface area contributed by atoms with Crippen molar-refractivity contribution in [3.8, 4) is 0 Å². The number of carboxylic acid groups (broad SMARTS) is 1. The van der Waals surface area contributed by atoms with Gasteiger partial charge in [0, 0.05) is 48.0 Å². The molecule has 2 aromatic heterocycles. The molecule has 38 heavy (non-hydrogen) atoms. The van der Waals surface area contributed by atoms with Gasteiger partial charge < -0.3 is 20.3 Å². The third-order valence-electron chi connectivity index (χ3n) is 6.53. The van der Waals surface area contributed by atoms with Crippen LogP contribution in [0, 0.1) is 6.92 Å². The number of carbonyl (C=O) groups excluding carboxylic acids is 2. The average molecular weight is 536 g/mol. The van der Waals surface area contributed by atoms with Gasteiger partial charge in [-0.15, -0.1) is 0 Å². The summed E-state index contributed by atoms with van der Waals surface area (Å²) in [5.41, 5.74) is 4.69. The van der Waals surface area contributed by atoms with Gasteiger partial charge in [-0.1, -0.05) is 29.8 Å². The maximum absolute atomic E-state index is 13.5. The molecule has 9 nitrogen and oxygen atoms in total. The molecule has 0 saturated carbocycles. The van der Waals surface area contributed by atoms with Crippen molar-refractivity contribution in [3.05, 3.63) is 82.3 Å². The van der Waals surface area contributed by atoms with Crippen molar-refractivity contribution in [2.75, 3.05) is 12.4 Å². The minimum absolute atomic E-state index is 0.0413.